The van der Waals surface area contributed by atoms with Gasteiger partial charge in [-0.3, -0.25) is 4.90 Å². The van der Waals surface area contributed by atoms with Gasteiger partial charge in [-0.25, -0.2) is 8.42 Å². The molecule has 0 saturated carbocycles. The molecule has 0 bridgehead atoms. The second kappa shape index (κ2) is 12.7. The Balaban J connectivity index is 1.20. The van der Waals surface area contributed by atoms with Gasteiger partial charge < -0.3 is 9.47 Å². The molecular formula is C30H37N5O4S. The van der Waals surface area contributed by atoms with Crippen LogP contribution in [-0.2, 0) is 21.0 Å². The number of benzene rings is 2. The molecule has 212 valence electrons. The van der Waals surface area contributed by atoms with Crippen molar-refractivity contribution >= 4 is 15.5 Å². The number of likely N-dealkylation sites (N-methyl/N-ethyl adjacent to an activating group) is 1. The van der Waals surface area contributed by atoms with Crippen molar-refractivity contribution in [1.29, 1.82) is 0 Å². The normalized spacial score (nSPS) is 12.2. The van der Waals surface area contributed by atoms with Crippen molar-refractivity contribution in [3.63, 3.8) is 0 Å². The van der Waals surface area contributed by atoms with Crippen molar-refractivity contribution in [2.24, 2.45) is 0 Å². The Morgan fingerprint density at radius 1 is 0.950 bits per heavy atom. The van der Waals surface area contributed by atoms with Gasteiger partial charge in [-0.05, 0) is 57.6 Å². The van der Waals surface area contributed by atoms with Crippen molar-refractivity contribution in [2.45, 2.75) is 31.9 Å². The van der Waals surface area contributed by atoms with E-state index < -0.39 is 14.6 Å². The zero-order chi connectivity index (χ0) is 28.8. The molecule has 2 heterocycles. The third-order valence-corrected chi connectivity index (χ3v) is 8.93. The number of fused-ring (bicyclic) bond motifs is 1. The standard InChI is InChI=1S/C30H37N5O4S/c1-23(40(36,37)30(2,3)4)22-34(5)17-18-38-19-20-39-26-13-11-24(12-14-26)21-29-32-31-28-16-15-27(33-35(28)29)25-9-7-6-8-10-25/h6-16H,1,17-22H2,2-5H3. The molecule has 40 heavy (non-hydrogen) atoms. The number of rotatable bonds is 13. The first-order valence-corrected chi connectivity index (χ1v) is 14.7. The van der Waals surface area contributed by atoms with Gasteiger partial charge in [-0.15, -0.1) is 10.2 Å². The van der Waals surface area contributed by atoms with Gasteiger partial charge in [-0.1, -0.05) is 49.0 Å². The van der Waals surface area contributed by atoms with E-state index in [0.717, 1.165) is 28.4 Å². The Labute approximate surface area is 236 Å². The molecule has 0 fully saturated rings. The van der Waals surface area contributed by atoms with Gasteiger partial charge in [0.2, 0.25) is 0 Å². The molecule has 0 unspecified atom stereocenters. The summed E-state index contributed by atoms with van der Waals surface area (Å²) in [4.78, 5) is 2.11. The van der Waals surface area contributed by atoms with Crippen LogP contribution in [-0.4, -0.2) is 77.8 Å². The quantitative estimate of drug-likeness (QED) is 0.220. The molecule has 0 atom stereocenters. The van der Waals surface area contributed by atoms with Crippen LogP contribution in [0.4, 0.5) is 0 Å². The lowest BCUT2D eigenvalue weighted by Gasteiger charge is -2.24. The maximum absolute atomic E-state index is 12.5. The molecule has 9 nitrogen and oxygen atoms in total. The number of nitrogens with zero attached hydrogens (tertiary/aromatic N) is 5. The van der Waals surface area contributed by atoms with Crippen LogP contribution >= 0.6 is 0 Å². The van der Waals surface area contributed by atoms with Crippen molar-refractivity contribution in [3.05, 3.63) is 89.6 Å². The second-order valence-electron chi connectivity index (χ2n) is 10.6. The molecule has 10 heteroatoms. The summed E-state index contributed by atoms with van der Waals surface area (Å²) in [7, 11) is -1.54. The fraction of sp³-hybridized carbons (Fsp3) is 0.367. The highest BCUT2D eigenvalue weighted by Crippen LogP contribution is 2.23. The van der Waals surface area contributed by atoms with Crippen molar-refractivity contribution in [1.82, 2.24) is 24.7 Å². The van der Waals surface area contributed by atoms with Gasteiger partial charge in [0.05, 0.1) is 28.6 Å². The van der Waals surface area contributed by atoms with E-state index in [4.69, 9.17) is 14.6 Å². The first kappa shape index (κ1) is 29.4. The van der Waals surface area contributed by atoms with Crippen LogP contribution in [0.2, 0.25) is 0 Å². The van der Waals surface area contributed by atoms with E-state index in [2.05, 4.69) is 16.8 Å². The highest BCUT2D eigenvalue weighted by atomic mass is 32.2. The largest absolute Gasteiger partial charge is 0.491 e. The Bertz CT molecular complexity index is 1530. The predicted octanol–water partition coefficient (Wildman–Crippen LogP) is 4.44. The fourth-order valence-electron chi connectivity index (χ4n) is 4.03. The first-order chi connectivity index (χ1) is 19.0. The van der Waals surface area contributed by atoms with Crippen LogP contribution in [0, 0.1) is 0 Å². The zero-order valence-corrected chi connectivity index (χ0v) is 24.4. The van der Waals surface area contributed by atoms with E-state index >= 15 is 0 Å². The minimum absolute atomic E-state index is 0.222. The minimum Gasteiger partial charge on any atom is -0.491 e. The fourth-order valence-corrected chi connectivity index (χ4v) is 5.29. The third kappa shape index (κ3) is 7.32. The number of hydrogen-bond donors (Lipinski definition) is 0. The predicted molar refractivity (Wildman–Crippen MR) is 157 cm³/mol. The number of hydrogen-bond acceptors (Lipinski definition) is 8. The van der Waals surface area contributed by atoms with Gasteiger partial charge in [0.1, 0.15) is 12.4 Å². The number of ether oxygens (including phenoxy) is 2. The molecule has 2 aromatic carbocycles. The van der Waals surface area contributed by atoms with Gasteiger partial charge in [0.15, 0.2) is 21.3 Å². The molecule has 4 aromatic rings. The van der Waals surface area contributed by atoms with E-state index in [0.29, 0.717) is 38.4 Å². The summed E-state index contributed by atoms with van der Waals surface area (Å²) in [6, 6.07) is 21.8. The van der Waals surface area contributed by atoms with Crippen molar-refractivity contribution in [3.8, 4) is 17.0 Å². The monoisotopic (exact) mass is 563 g/mol. The van der Waals surface area contributed by atoms with E-state index in [9.17, 15) is 8.42 Å². The van der Waals surface area contributed by atoms with Crippen LogP contribution in [0.25, 0.3) is 16.9 Å². The Kier molecular flexibility index (Phi) is 9.34. The van der Waals surface area contributed by atoms with Gasteiger partial charge >= 0.3 is 0 Å². The first-order valence-electron chi connectivity index (χ1n) is 13.2. The number of sulfone groups is 1. The van der Waals surface area contributed by atoms with Crippen LogP contribution in [0.15, 0.2) is 78.2 Å². The second-order valence-corrected chi connectivity index (χ2v) is 13.5. The van der Waals surface area contributed by atoms with Crippen molar-refractivity contribution < 1.29 is 17.9 Å². The molecular weight excluding hydrogens is 526 g/mol. The molecule has 4 rings (SSSR count). The molecule has 0 amide bonds. The summed E-state index contributed by atoms with van der Waals surface area (Å²) in [6.07, 6.45) is 0.590. The Morgan fingerprint density at radius 3 is 2.38 bits per heavy atom. The third-order valence-electron chi connectivity index (χ3n) is 6.43. The summed E-state index contributed by atoms with van der Waals surface area (Å²) in [6.45, 7) is 11.0. The summed E-state index contributed by atoms with van der Waals surface area (Å²) in [5.41, 5.74) is 3.69. The van der Waals surface area contributed by atoms with Crippen LogP contribution in [0.5, 0.6) is 5.75 Å². The molecule has 0 spiro atoms. The molecule has 0 aliphatic rings. The maximum Gasteiger partial charge on any atom is 0.180 e. The highest BCUT2D eigenvalue weighted by Gasteiger charge is 2.31. The molecule has 0 aliphatic heterocycles. The topological polar surface area (TPSA) is 98.9 Å². The number of aromatic nitrogens is 4. The molecule has 0 N–H and O–H groups in total. The molecule has 0 aliphatic carbocycles. The van der Waals surface area contributed by atoms with Crippen LogP contribution < -0.4 is 4.74 Å². The summed E-state index contributed by atoms with van der Waals surface area (Å²) >= 11 is 0. The van der Waals surface area contributed by atoms with E-state index in [1.54, 1.807) is 25.3 Å². The molecule has 0 radical (unpaired) electrons. The zero-order valence-electron chi connectivity index (χ0n) is 23.6. The molecule has 2 aromatic heterocycles. The van der Waals surface area contributed by atoms with Crippen LogP contribution in [0.3, 0.4) is 0 Å². The average Bonchev–Trinajstić information content (AvgIpc) is 3.33. The smallest absolute Gasteiger partial charge is 0.180 e. The lowest BCUT2D eigenvalue weighted by molar-refractivity contribution is 0.0867. The minimum atomic E-state index is -3.39. The molecule has 0 saturated heterocycles. The average molecular weight is 564 g/mol. The summed E-state index contributed by atoms with van der Waals surface area (Å²) < 4.78 is 37.3. The van der Waals surface area contributed by atoms with Gasteiger partial charge in [-0.2, -0.15) is 9.61 Å². The summed E-state index contributed by atoms with van der Waals surface area (Å²) in [5, 5.41) is 13.3. The van der Waals surface area contributed by atoms with E-state index in [1.165, 1.54) is 0 Å². The van der Waals surface area contributed by atoms with Gasteiger partial charge in [0, 0.05) is 25.1 Å². The van der Waals surface area contributed by atoms with Gasteiger partial charge in [0.25, 0.3) is 0 Å². The van der Waals surface area contributed by atoms with Crippen molar-refractivity contribution in [2.75, 3.05) is 40.0 Å². The SMILES string of the molecule is C=C(CN(C)CCOCCOc1ccc(Cc2nnc3ccc(-c4ccccc4)nn23)cc1)S(=O)(=O)C(C)(C)C. The summed E-state index contributed by atoms with van der Waals surface area (Å²) in [5.74, 6) is 1.52. The lowest BCUT2D eigenvalue weighted by atomic mass is 10.1. The van der Waals surface area contributed by atoms with E-state index in [-0.39, 0.29) is 11.4 Å². The maximum atomic E-state index is 12.5. The highest BCUT2D eigenvalue weighted by molar-refractivity contribution is 7.96. The Hall–Kier alpha value is -3.60. The lowest BCUT2D eigenvalue weighted by Crippen LogP contribution is -2.34. The Morgan fingerprint density at radius 2 is 1.68 bits per heavy atom. The van der Waals surface area contributed by atoms with E-state index in [1.807, 2.05) is 78.7 Å². The van der Waals surface area contributed by atoms with Crippen LogP contribution in [0.1, 0.15) is 32.2 Å².